The van der Waals surface area contributed by atoms with Gasteiger partial charge < -0.3 is 15.0 Å². The van der Waals surface area contributed by atoms with Crippen LogP contribution in [0.15, 0.2) is 42.5 Å². The lowest BCUT2D eigenvalue weighted by atomic mass is 10.1. The molecule has 0 aliphatic rings. The molecule has 192 valence electrons. The first-order valence-electron chi connectivity index (χ1n) is 11.4. The average molecular weight is 505 g/mol. The number of carbonyl (C=O) groups is 2. The number of ether oxygens (including phenoxy) is 1. The number of aryl methyl sites for hydroxylation is 2. The molecule has 0 unspecified atom stereocenters. The van der Waals surface area contributed by atoms with Crippen LogP contribution in [0.5, 0.6) is 5.75 Å². The first-order valence-corrected chi connectivity index (χ1v) is 12.8. The van der Waals surface area contributed by atoms with Gasteiger partial charge in [-0.25, -0.2) is 4.31 Å². The molecular weight excluding hydrogens is 468 g/mol. The average Bonchev–Trinajstić information content (AvgIpc) is 2.83. The summed E-state index contributed by atoms with van der Waals surface area (Å²) in [4.78, 5) is 27.8. The van der Waals surface area contributed by atoms with Crippen molar-refractivity contribution in [2.75, 3.05) is 39.1 Å². The van der Waals surface area contributed by atoms with Crippen molar-refractivity contribution >= 4 is 27.7 Å². The number of rotatable bonds is 11. The van der Waals surface area contributed by atoms with Gasteiger partial charge in [0.2, 0.25) is 11.8 Å². The van der Waals surface area contributed by atoms with Crippen LogP contribution in [0.3, 0.4) is 0 Å². The van der Waals surface area contributed by atoms with Gasteiger partial charge in [-0.05, 0) is 55.2 Å². The molecule has 0 saturated carbocycles. The molecule has 10 heteroatoms. The third-order valence-corrected chi connectivity index (χ3v) is 7.60. The van der Waals surface area contributed by atoms with Crippen molar-refractivity contribution < 1.29 is 22.7 Å². The van der Waals surface area contributed by atoms with Gasteiger partial charge in [-0.2, -0.15) is 12.7 Å². The van der Waals surface area contributed by atoms with E-state index < -0.39 is 28.7 Å². The van der Waals surface area contributed by atoms with Crippen molar-refractivity contribution in [1.29, 1.82) is 0 Å². The molecule has 0 aliphatic carbocycles. The van der Waals surface area contributed by atoms with Crippen LogP contribution < -0.4 is 14.4 Å². The molecule has 0 heterocycles. The summed E-state index contributed by atoms with van der Waals surface area (Å²) >= 11 is 0. The van der Waals surface area contributed by atoms with E-state index in [1.54, 1.807) is 32.2 Å². The molecule has 9 nitrogen and oxygen atoms in total. The molecule has 0 aliphatic heterocycles. The van der Waals surface area contributed by atoms with Crippen molar-refractivity contribution in [3.63, 3.8) is 0 Å². The monoisotopic (exact) mass is 504 g/mol. The Morgan fingerprint density at radius 2 is 1.69 bits per heavy atom. The van der Waals surface area contributed by atoms with E-state index in [4.69, 9.17) is 4.74 Å². The number of hydrogen-bond acceptors (Lipinski definition) is 5. The molecule has 0 spiro atoms. The topological polar surface area (TPSA) is 99.3 Å². The van der Waals surface area contributed by atoms with Crippen molar-refractivity contribution in [1.82, 2.24) is 14.5 Å². The largest absolute Gasteiger partial charge is 0.497 e. The summed E-state index contributed by atoms with van der Waals surface area (Å²) in [5.41, 5.74) is 2.79. The van der Waals surface area contributed by atoms with Crippen LogP contribution >= 0.6 is 0 Å². The predicted molar refractivity (Wildman–Crippen MR) is 138 cm³/mol. The molecule has 0 saturated heterocycles. The van der Waals surface area contributed by atoms with Crippen molar-refractivity contribution in [2.45, 2.75) is 39.8 Å². The molecule has 2 aromatic carbocycles. The molecule has 1 atom stereocenters. The second-order valence-corrected chi connectivity index (χ2v) is 10.6. The summed E-state index contributed by atoms with van der Waals surface area (Å²) in [7, 11) is 1.93. The van der Waals surface area contributed by atoms with Crippen LogP contribution in [-0.4, -0.2) is 70.3 Å². The number of anilines is 1. The second kappa shape index (κ2) is 12.0. The molecule has 35 heavy (non-hydrogen) atoms. The molecule has 2 rings (SSSR count). The molecule has 2 amide bonds. The van der Waals surface area contributed by atoms with E-state index in [0.29, 0.717) is 23.4 Å². The number of likely N-dealkylation sites (N-methyl/N-ethyl adjacent to an activating group) is 1. The molecule has 0 aromatic heterocycles. The van der Waals surface area contributed by atoms with Crippen LogP contribution in [0.25, 0.3) is 0 Å². The summed E-state index contributed by atoms with van der Waals surface area (Å²) in [6.45, 7) is 5.16. The molecule has 0 radical (unpaired) electrons. The lowest BCUT2D eigenvalue weighted by molar-refractivity contribution is -0.140. The quantitative estimate of drug-likeness (QED) is 0.507. The van der Waals surface area contributed by atoms with Crippen LogP contribution in [0.4, 0.5) is 5.69 Å². The highest BCUT2D eigenvalue weighted by Gasteiger charge is 2.34. The zero-order chi connectivity index (χ0) is 26.3. The predicted octanol–water partition coefficient (Wildman–Crippen LogP) is 2.48. The number of nitrogens with zero attached hydrogens (tertiary/aromatic N) is 3. The first kappa shape index (κ1) is 28.1. The van der Waals surface area contributed by atoms with Crippen molar-refractivity contribution in [3.8, 4) is 5.75 Å². The fourth-order valence-electron chi connectivity index (χ4n) is 3.70. The van der Waals surface area contributed by atoms with Crippen molar-refractivity contribution in [2.24, 2.45) is 0 Å². The molecule has 0 fully saturated rings. The minimum Gasteiger partial charge on any atom is -0.497 e. The van der Waals surface area contributed by atoms with Gasteiger partial charge in [-0.3, -0.25) is 9.59 Å². The Balaban J connectivity index is 2.53. The fourth-order valence-corrected chi connectivity index (χ4v) is 4.82. The number of amides is 2. The minimum atomic E-state index is -4.00. The highest BCUT2D eigenvalue weighted by molar-refractivity contribution is 7.90. The van der Waals surface area contributed by atoms with E-state index in [-0.39, 0.29) is 12.5 Å². The summed E-state index contributed by atoms with van der Waals surface area (Å²) < 4.78 is 34.0. The Hall–Kier alpha value is -3.11. The van der Waals surface area contributed by atoms with Gasteiger partial charge in [-0.1, -0.05) is 31.2 Å². The summed E-state index contributed by atoms with van der Waals surface area (Å²) in [6, 6.07) is 11.9. The number of hydrogen-bond donors (Lipinski definition) is 1. The number of nitrogens with one attached hydrogen (secondary N) is 1. The summed E-state index contributed by atoms with van der Waals surface area (Å²) in [5, 5.41) is 2.61. The zero-order valence-corrected chi connectivity index (χ0v) is 22.3. The molecule has 0 bridgehead atoms. The third kappa shape index (κ3) is 6.73. The fraction of sp³-hybridized carbons (Fsp3) is 0.440. The van der Waals surface area contributed by atoms with Crippen LogP contribution in [0.1, 0.15) is 30.0 Å². The standard InChI is InChI=1S/C25H36N4O5S/c1-8-22(25(31)26-4)28(16-20-11-13-21(34-7)14-12-20)24(30)17-29(35(32,33)27(5)6)23-15-18(2)9-10-19(23)3/h9-15,22H,8,16-17H2,1-7H3,(H,26,31)/t22-/m0/s1. The van der Waals surface area contributed by atoms with Crippen LogP contribution in [0.2, 0.25) is 0 Å². The molecule has 2 aromatic rings. The second-order valence-electron chi connectivity index (χ2n) is 8.49. The number of carbonyl (C=O) groups excluding carboxylic acids is 2. The van der Waals surface area contributed by atoms with Gasteiger partial charge in [0.1, 0.15) is 18.3 Å². The number of benzene rings is 2. The van der Waals surface area contributed by atoms with E-state index in [1.807, 2.05) is 38.1 Å². The Bertz CT molecular complexity index is 1130. The molecule has 1 N–H and O–H groups in total. The maximum absolute atomic E-state index is 13.7. The van der Waals surface area contributed by atoms with E-state index in [0.717, 1.165) is 19.7 Å². The van der Waals surface area contributed by atoms with Crippen LogP contribution in [-0.2, 0) is 26.3 Å². The molecular formula is C25H36N4O5S. The Morgan fingerprint density at radius 3 is 2.20 bits per heavy atom. The highest BCUT2D eigenvalue weighted by Crippen LogP contribution is 2.26. The van der Waals surface area contributed by atoms with Gasteiger partial charge in [-0.15, -0.1) is 0 Å². The normalized spacial score (nSPS) is 12.2. The SMILES string of the molecule is CC[C@@H](C(=O)NC)N(Cc1ccc(OC)cc1)C(=O)CN(c1cc(C)ccc1C)S(=O)(=O)N(C)C. The third-order valence-electron chi connectivity index (χ3n) is 5.80. The van der Waals surface area contributed by atoms with Gasteiger partial charge in [0.15, 0.2) is 0 Å². The Morgan fingerprint density at radius 1 is 1.06 bits per heavy atom. The summed E-state index contributed by atoms with van der Waals surface area (Å²) in [6.07, 6.45) is 0.367. The highest BCUT2D eigenvalue weighted by atomic mass is 32.2. The lowest BCUT2D eigenvalue weighted by Gasteiger charge is -2.34. The van der Waals surface area contributed by atoms with Gasteiger partial charge >= 0.3 is 10.2 Å². The Kier molecular flexibility index (Phi) is 9.67. The van der Waals surface area contributed by atoms with Gasteiger partial charge in [0, 0.05) is 27.7 Å². The maximum Gasteiger partial charge on any atom is 0.304 e. The first-order chi connectivity index (χ1) is 16.5. The van der Waals surface area contributed by atoms with Gasteiger partial charge in [0.05, 0.1) is 12.8 Å². The van der Waals surface area contributed by atoms with E-state index in [2.05, 4.69) is 5.32 Å². The summed E-state index contributed by atoms with van der Waals surface area (Å²) in [5.74, 6) is -0.131. The van der Waals surface area contributed by atoms with Gasteiger partial charge in [0.25, 0.3) is 0 Å². The van der Waals surface area contributed by atoms with E-state index >= 15 is 0 Å². The zero-order valence-electron chi connectivity index (χ0n) is 21.5. The lowest BCUT2D eigenvalue weighted by Crippen LogP contribution is -2.53. The number of methoxy groups -OCH3 is 1. The maximum atomic E-state index is 13.7. The Labute approximate surface area is 208 Å². The minimum absolute atomic E-state index is 0.136. The van der Waals surface area contributed by atoms with E-state index in [9.17, 15) is 18.0 Å². The van der Waals surface area contributed by atoms with E-state index in [1.165, 1.54) is 26.0 Å². The van der Waals surface area contributed by atoms with Crippen LogP contribution in [0, 0.1) is 13.8 Å². The van der Waals surface area contributed by atoms with Crippen molar-refractivity contribution in [3.05, 3.63) is 59.2 Å². The smallest absolute Gasteiger partial charge is 0.304 e.